The smallest absolute Gasteiger partial charge is 0.270 e. The van der Waals surface area contributed by atoms with Crippen LogP contribution in [0.15, 0.2) is 45.2 Å². The van der Waals surface area contributed by atoms with Crippen LogP contribution in [0.3, 0.4) is 0 Å². The molecule has 2 heterocycles. The van der Waals surface area contributed by atoms with Gasteiger partial charge in [0.05, 0.1) is 33.6 Å². The van der Waals surface area contributed by atoms with Crippen molar-refractivity contribution in [2.24, 2.45) is 0 Å². The highest BCUT2D eigenvalue weighted by Crippen LogP contribution is 2.23. The number of carbonyl (C=O) groups is 1. The molecule has 0 radical (unpaired) electrons. The minimum absolute atomic E-state index is 0.111. The lowest BCUT2D eigenvalue weighted by Gasteiger charge is -2.05. The van der Waals surface area contributed by atoms with Crippen molar-refractivity contribution in [3.63, 3.8) is 0 Å². The second-order valence-corrected chi connectivity index (χ2v) is 6.43. The summed E-state index contributed by atoms with van der Waals surface area (Å²) in [5.41, 5.74) is -0.331. The monoisotopic (exact) mass is 393 g/mol. The van der Waals surface area contributed by atoms with Gasteiger partial charge in [-0.15, -0.1) is 11.3 Å². The van der Waals surface area contributed by atoms with Gasteiger partial charge in [-0.1, -0.05) is 0 Å². The number of fused-ring (bicyclic) bond motifs is 1. The van der Waals surface area contributed by atoms with Crippen LogP contribution in [0.4, 0.5) is 5.69 Å². The van der Waals surface area contributed by atoms with Crippen LogP contribution >= 0.6 is 27.3 Å². The number of aromatic nitrogens is 2. The number of benzene rings is 1. The first-order chi connectivity index (χ1) is 11.0. The lowest BCUT2D eigenvalue weighted by Crippen LogP contribution is -2.24. The van der Waals surface area contributed by atoms with E-state index in [-0.39, 0.29) is 23.4 Å². The summed E-state index contributed by atoms with van der Waals surface area (Å²) in [6, 6.07) is 5.62. The van der Waals surface area contributed by atoms with Crippen molar-refractivity contribution in [2.75, 3.05) is 0 Å². The Labute approximate surface area is 141 Å². The number of nitro groups is 1. The SMILES string of the molecule is O=C(Cn1cnc2ccc([N+](=O)[O-])cc2c1=O)c1sccc1Br. The van der Waals surface area contributed by atoms with Crippen molar-refractivity contribution in [1.82, 2.24) is 9.55 Å². The van der Waals surface area contributed by atoms with Crippen LogP contribution in [0.1, 0.15) is 9.67 Å². The molecule has 116 valence electrons. The van der Waals surface area contributed by atoms with E-state index in [9.17, 15) is 19.7 Å². The van der Waals surface area contributed by atoms with Crippen molar-refractivity contribution < 1.29 is 9.72 Å². The number of nitro benzene ring substituents is 1. The Kier molecular flexibility index (Phi) is 4.05. The number of carbonyl (C=O) groups excluding carboxylic acids is 1. The van der Waals surface area contributed by atoms with Crippen LogP contribution in [-0.4, -0.2) is 20.3 Å². The molecule has 7 nitrogen and oxygen atoms in total. The fourth-order valence-electron chi connectivity index (χ4n) is 2.09. The van der Waals surface area contributed by atoms with E-state index in [1.807, 2.05) is 0 Å². The molecule has 23 heavy (non-hydrogen) atoms. The van der Waals surface area contributed by atoms with Crippen LogP contribution in [0.25, 0.3) is 10.9 Å². The highest BCUT2D eigenvalue weighted by atomic mass is 79.9. The van der Waals surface area contributed by atoms with Crippen molar-refractivity contribution in [2.45, 2.75) is 6.54 Å². The van der Waals surface area contributed by atoms with Crippen LogP contribution in [0, 0.1) is 10.1 Å². The Morgan fingerprint density at radius 3 is 2.83 bits per heavy atom. The molecule has 0 atom stereocenters. The van der Waals surface area contributed by atoms with Gasteiger partial charge in [0, 0.05) is 16.6 Å². The van der Waals surface area contributed by atoms with Gasteiger partial charge < -0.3 is 0 Å². The number of ketones is 1. The van der Waals surface area contributed by atoms with Crippen molar-refractivity contribution in [1.29, 1.82) is 0 Å². The first-order valence-corrected chi connectivity index (χ1v) is 8.04. The Balaban J connectivity index is 2.03. The molecular weight excluding hydrogens is 386 g/mol. The summed E-state index contributed by atoms with van der Waals surface area (Å²) >= 11 is 4.55. The first kappa shape index (κ1) is 15.5. The summed E-state index contributed by atoms with van der Waals surface area (Å²) in [5.74, 6) is -0.236. The molecule has 0 bridgehead atoms. The van der Waals surface area contributed by atoms with Crippen LogP contribution in [-0.2, 0) is 6.54 Å². The number of non-ortho nitro benzene ring substituents is 1. The quantitative estimate of drug-likeness (QED) is 0.385. The van der Waals surface area contributed by atoms with Gasteiger partial charge in [0.2, 0.25) is 0 Å². The largest absolute Gasteiger partial charge is 0.291 e. The van der Waals surface area contributed by atoms with E-state index in [1.54, 1.807) is 11.4 Å². The summed E-state index contributed by atoms with van der Waals surface area (Å²) in [7, 11) is 0. The van der Waals surface area contributed by atoms with Gasteiger partial charge in [0.15, 0.2) is 5.78 Å². The lowest BCUT2D eigenvalue weighted by molar-refractivity contribution is -0.384. The Morgan fingerprint density at radius 1 is 1.39 bits per heavy atom. The summed E-state index contributed by atoms with van der Waals surface area (Å²) in [4.78, 5) is 39.5. The molecule has 0 fully saturated rings. The molecule has 0 amide bonds. The average Bonchev–Trinajstić information content (AvgIpc) is 2.96. The number of nitrogens with zero attached hydrogens (tertiary/aromatic N) is 3. The number of rotatable bonds is 4. The molecular formula is C14H8BrN3O4S. The van der Waals surface area contributed by atoms with Crippen LogP contribution < -0.4 is 5.56 Å². The maximum absolute atomic E-state index is 12.4. The van der Waals surface area contributed by atoms with E-state index in [0.717, 1.165) is 4.57 Å². The zero-order valence-corrected chi connectivity index (χ0v) is 13.8. The summed E-state index contributed by atoms with van der Waals surface area (Å²) < 4.78 is 1.82. The lowest BCUT2D eigenvalue weighted by atomic mass is 10.2. The normalized spacial score (nSPS) is 10.8. The fraction of sp³-hybridized carbons (Fsp3) is 0.0714. The van der Waals surface area contributed by atoms with E-state index < -0.39 is 10.5 Å². The van der Waals surface area contributed by atoms with Crippen LogP contribution in [0.5, 0.6) is 0 Å². The number of halogens is 1. The third-order valence-electron chi connectivity index (χ3n) is 3.20. The molecule has 1 aromatic carbocycles. The van der Waals surface area contributed by atoms with Crippen molar-refractivity contribution >= 4 is 49.6 Å². The molecule has 0 N–H and O–H groups in total. The Morgan fingerprint density at radius 2 is 2.17 bits per heavy atom. The molecule has 3 rings (SSSR count). The molecule has 0 aliphatic heterocycles. The maximum Gasteiger partial charge on any atom is 0.270 e. The van der Waals surface area contributed by atoms with Crippen molar-refractivity contribution in [3.8, 4) is 0 Å². The maximum atomic E-state index is 12.4. The number of thiophene rings is 1. The second kappa shape index (κ2) is 6.01. The minimum Gasteiger partial charge on any atom is -0.291 e. The van der Waals surface area contributed by atoms with E-state index >= 15 is 0 Å². The zero-order chi connectivity index (χ0) is 16.6. The predicted molar refractivity (Wildman–Crippen MR) is 89.0 cm³/mol. The molecule has 0 saturated carbocycles. The van der Waals surface area contributed by atoms with Gasteiger partial charge in [0.1, 0.15) is 0 Å². The molecule has 9 heteroatoms. The third kappa shape index (κ3) is 2.92. The topological polar surface area (TPSA) is 95.1 Å². The standard InChI is InChI=1S/C14H8BrN3O4S/c15-10-3-4-23-13(10)12(19)6-17-7-16-11-2-1-8(18(21)22)5-9(11)14(17)20/h1-5,7H,6H2. The average molecular weight is 394 g/mol. The van der Waals surface area contributed by atoms with Gasteiger partial charge in [-0.05, 0) is 33.4 Å². The Bertz CT molecular complexity index is 995. The molecule has 0 aliphatic carbocycles. The van der Waals surface area contributed by atoms with Gasteiger partial charge >= 0.3 is 0 Å². The van der Waals surface area contributed by atoms with E-state index in [1.165, 1.54) is 35.9 Å². The molecule has 0 aliphatic rings. The fourth-order valence-corrected chi connectivity index (χ4v) is 3.62. The zero-order valence-electron chi connectivity index (χ0n) is 11.4. The molecule has 0 saturated heterocycles. The molecule has 2 aromatic heterocycles. The van der Waals surface area contributed by atoms with Gasteiger partial charge in [-0.25, -0.2) is 4.98 Å². The second-order valence-electron chi connectivity index (χ2n) is 4.66. The highest BCUT2D eigenvalue weighted by molar-refractivity contribution is 9.10. The van der Waals surface area contributed by atoms with Crippen LogP contribution in [0.2, 0.25) is 0 Å². The number of hydrogen-bond donors (Lipinski definition) is 0. The third-order valence-corrected chi connectivity index (χ3v) is 5.08. The molecule has 0 spiro atoms. The molecule has 0 unspecified atom stereocenters. The van der Waals surface area contributed by atoms with Gasteiger partial charge in [-0.2, -0.15) is 0 Å². The summed E-state index contributed by atoms with van der Waals surface area (Å²) in [6.07, 6.45) is 1.27. The predicted octanol–water partition coefficient (Wildman–Crippen LogP) is 3.01. The first-order valence-electron chi connectivity index (χ1n) is 6.37. The van der Waals surface area contributed by atoms with E-state index in [0.29, 0.717) is 14.9 Å². The number of Topliss-reactive ketones (excluding diaryl/α,β-unsaturated/α-hetero) is 1. The van der Waals surface area contributed by atoms with Gasteiger partial charge in [0.25, 0.3) is 11.2 Å². The molecule has 3 aromatic rings. The minimum atomic E-state index is -0.579. The van der Waals surface area contributed by atoms with Crippen molar-refractivity contribution in [3.05, 3.63) is 65.8 Å². The Hall–Kier alpha value is -2.39. The summed E-state index contributed by atoms with van der Waals surface area (Å²) in [6.45, 7) is -0.177. The van der Waals surface area contributed by atoms with Gasteiger partial charge in [-0.3, -0.25) is 24.3 Å². The van der Waals surface area contributed by atoms with E-state index in [2.05, 4.69) is 20.9 Å². The number of hydrogen-bond acceptors (Lipinski definition) is 6. The highest BCUT2D eigenvalue weighted by Gasteiger charge is 2.15. The summed E-state index contributed by atoms with van der Waals surface area (Å²) in [5, 5.41) is 12.7. The van der Waals surface area contributed by atoms with E-state index in [4.69, 9.17) is 0 Å².